The molecule has 0 aliphatic carbocycles. The maximum absolute atomic E-state index is 10.4. The molecule has 1 aliphatic rings. The van der Waals surface area contributed by atoms with Crippen molar-refractivity contribution in [3.63, 3.8) is 0 Å². The van der Waals surface area contributed by atoms with Crippen LogP contribution in [0.1, 0.15) is 17.0 Å². The summed E-state index contributed by atoms with van der Waals surface area (Å²) in [5.74, 6) is -1.32. The molecule has 0 radical (unpaired) electrons. The molecular weight excluding hydrogens is 106 g/mol. The van der Waals surface area contributed by atoms with Gasteiger partial charge in [0.1, 0.15) is 6.02 Å². The average molecular weight is 118 g/mol. The monoisotopic (exact) mass is 118 g/mol. The van der Waals surface area contributed by atoms with E-state index in [1.165, 1.54) is 0 Å². The molecule has 0 amide bonds. The summed E-state index contributed by atoms with van der Waals surface area (Å²) >= 11 is 0. The zero-order valence-corrected chi connectivity index (χ0v) is 4.27. The normalized spacial score (nSPS) is 49.2. The zero-order valence-electron chi connectivity index (χ0n) is 7.27. The van der Waals surface area contributed by atoms with Crippen molar-refractivity contribution in [1.82, 2.24) is 5.32 Å². The summed E-state index contributed by atoms with van der Waals surface area (Å²) in [4.78, 5) is 10.4. The van der Waals surface area contributed by atoms with Crippen LogP contribution in [-0.2, 0) is 4.79 Å². The molecule has 1 rings (SSSR count). The molecule has 1 heterocycles. The van der Waals surface area contributed by atoms with Gasteiger partial charge >= 0.3 is 5.97 Å². The van der Waals surface area contributed by atoms with Crippen molar-refractivity contribution in [3.05, 3.63) is 0 Å². The molecule has 1 atom stereocenters. The highest BCUT2D eigenvalue weighted by Gasteiger charge is 2.20. The maximum atomic E-state index is 10.4. The summed E-state index contributed by atoms with van der Waals surface area (Å²) in [7, 11) is 0. The number of carboxylic acids is 1. The lowest BCUT2D eigenvalue weighted by molar-refractivity contribution is -0.139. The number of nitrogens with one attached hydrogen (secondary N) is 1. The lowest BCUT2D eigenvalue weighted by atomic mass is 10.2. The second-order valence-corrected chi connectivity index (χ2v) is 1.59. The molecular formula is C5H9NO2. The van der Waals surface area contributed by atoms with Crippen LogP contribution in [-0.4, -0.2) is 23.6 Å². The Morgan fingerprint density at radius 2 is 2.88 bits per heavy atom. The number of rotatable bonds is 1. The van der Waals surface area contributed by atoms with Crippen molar-refractivity contribution in [1.29, 1.82) is 0 Å². The van der Waals surface area contributed by atoms with E-state index < -0.39 is 18.5 Å². The Bertz CT molecular complexity index is 196. The second kappa shape index (κ2) is 2.13. The number of hydrogen-bond donors (Lipinski definition) is 2. The van der Waals surface area contributed by atoms with E-state index in [0.29, 0.717) is 0 Å². The van der Waals surface area contributed by atoms with Gasteiger partial charge in [-0.05, 0) is 19.3 Å². The molecule has 0 aromatic carbocycles. The predicted octanol–water partition coefficient (Wildman–Crippen LogP) is -0.177. The average Bonchev–Trinajstić information content (AvgIpc) is 2.08. The Morgan fingerprint density at radius 3 is 3.12 bits per heavy atom. The summed E-state index contributed by atoms with van der Waals surface area (Å²) < 4.78 is 21.5. The Balaban J connectivity index is 2.73. The first-order valence-electron chi connectivity index (χ1n) is 3.88. The van der Waals surface area contributed by atoms with E-state index in [4.69, 9.17) is 9.22 Å². The lowest BCUT2D eigenvalue weighted by Gasteiger charge is -1.99. The van der Waals surface area contributed by atoms with Crippen LogP contribution < -0.4 is 5.32 Å². The van der Waals surface area contributed by atoms with Gasteiger partial charge in [-0.25, -0.2) is 0 Å². The third kappa shape index (κ3) is 0.980. The first kappa shape index (κ1) is 2.82. The number of hydrogen-bond acceptors (Lipinski definition) is 2. The highest BCUT2D eigenvalue weighted by Crippen LogP contribution is 2.03. The minimum atomic E-state index is -1.83. The molecule has 8 heavy (non-hydrogen) atoms. The van der Waals surface area contributed by atoms with Gasteiger partial charge in [-0.15, -0.1) is 0 Å². The first-order valence-corrected chi connectivity index (χ1v) is 2.38. The van der Waals surface area contributed by atoms with Crippen LogP contribution in [0.2, 0.25) is 0 Å². The quantitative estimate of drug-likeness (QED) is 0.502. The van der Waals surface area contributed by atoms with E-state index in [0.717, 1.165) is 0 Å². The van der Waals surface area contributed by atoms with E-state index in [1.54, 1.807) is 0 Å². The fourth-order valence-electron chi connectivity index (χ4n) is 0.580. The van der Waals surface area contributed by atoms with Crippen LogP contribution in [0.3, 0.4) is 0 Å². The zero-order chi connectivity index (χ0) is 8.70. The van der Waals surface area contributed by atoms with Crippen LogP contribution >= 0.6 is 0 Å². The molecule has 0 aromatic rings. The van der Waals surface area contributed by atoms with E-state index in [-0.39, 0.29) is 12.8 Å². The van der Waals surface area contributed by atoms with Crippen LogP contribution in [0.4, 0.5) is 0 Å². The molecule has 0 saturated carbocycles. The Hall–Kier alpha value is -0.570. The molecule has 0 unspecified atom stereocenters. The summed E-state index contributed by atoms with van der Waals surface area (Å²) in [6.07, 6.45) is 0.0815. The number of carboxylic acid groups (broad SMARTS) is 1. The Morgan fingerprint density at radius 1 is 2.12 bits per heavy atom. The van der Waals surface area contributed by atoms with Gasteiger partial charge in [-0.3, -0.25) is 4.79 Å². The van der Waals surface area contributed by atoms with Gasteiger partial charge in [0.05, 0.1) is 1.37 Å². The van der Waals surface area contributed by atoms with Crippen LogP contribution in [0.5, 0.6) is 0 Å². The third-order valence-electron chi connectivity index (χ3n) is 0.997. The largest absolute Gasteiger partial charge is 0.480 e. The van der Waals surface area contributed by atoms with Crippen molar-refractivity contribution < 1.29 is 14.0 Å². The number of carbonyl (C=O) groups is 1. The number of aliphatic carboxylic acids is 1. The molecule has 3 nitrogen and oxygen atoms in total. The van der Waals surface area contributed by atoms with Crippen molar-refractivity contribution >= 4 is 5.97 Å². The highest BCUT2D eigenvalue weighted by atomic mass is 16.4. The maximum Gasteiger partial charge on any atom is 0.320 e. The smallest absolute Gasteiger partial charge is 0.320 e. The van der Waals surface area contributed by atoms with Gasteiger partial charge in [-0.2, -0.15) is 0 Å². The van der Waals surface area contributed by atoms with E-state index in [2.05, 4.69) is 5.32 Å². The van der Waals surface area contributed by atoms with Crippen LogP contribution in [0, 0.1) is 0 Å². The van der Waals surface area contributed by atoms with E-state index in [9.17, 15) is 4.79 Å². The van der Waals surface area contributed by atoms with E-state index in [1.807, 2.05) is 0 Å². The molecule has 3 heteroatoms. The van der Waals surface area contributed by atoms with Crippen molar-refractivity contribution in [2.24, 2.45) is 0 Å². The van der Waals surface area contributed by atoms with Crippen LogP contribution in [0.25, 0.3) is 0 Å². The molecule has 1 fully saturated rings. The standard InChI is InChI=1S/C5H9NO2/c7-5(8)4-2-1-3-6-4/h4,6H,1-3H2,(H,7,8)/t4-/m0/s1/i3D2,4D. The SMILES string of the molecule is [2H]C1([2H])CC[C@@]([2H])(C(=O)O)N1. The molecule has 0 bridgehead atoms. The fraction of sp³-hybridized carbons (Fsp3) is 0.800. The van der Waals surface area contributed by atoms with Gasteiger partial charge in [-0.1, -0.05) is 0 Å². The lowest BCUT2D eigenvalue weighted by Crippen LogP contribution is -2.29. The van der Waals surface area contributed by atoms with Crippen molar-refractivity contribution in [2.75, 3.05) is 6.50 Å². The molecule has 1 saturated heterocycles. The molecule has 46 valence electrons. The van der Waals surface area contributed by atoms with E-state index >= 15 is 0 Å². The molecule has 0 spiro atoms. The summed E-state index contributed by atoms with van der Waals surface area (Å²) in [6, 6.07) is -1.83. The molecule has 1 aliphatic heterocycles. The summed E-state index contributed by atoms with van der Waals surface area (Å²) in [5, 5.41) is 10.6. The minimum absolute atomic E-state index is 0.00926. The van der Waals surface area contributed by atoms with Gasteiger partial charge in [0.15, 0.2) is 0 Å². The van der Waals surface area contributed by atoms with Crippen molar-refractivity contribution in [2.45, 2.75) is 18.9 Å². The molecule has 2 N–H and O–H groups in total. The van der Waals surface area contributed by atoms with Gasteiger partial charge < -0.3 is 10.4 Å². The van der Waals surface area contributed by atoms with Crippen molar-refractivity contribution in [3.8, 4) is 0 Å². The summed E-state index contributed by atoms with van der Waals surface area (Å²) in [5.41, 5.74) is 0. The fourth-order valence-corrected chi connectivity index (χ4v) is 0.580. The first-order chi connectivity index (χ1) is 4.86. The molecule has 0 aromatic heterocycles. The minimum Gasteiger partial charge on any atom is -0.480 e. The third-order valence-corrected chi connectivity index (χ3v) is 0.997. The Labute approximate surface area is 51.9 Å². The van der Waals surface area contributed by atoms with Gasteiger partial charge in [0, 0.05) is 2.74 Å². The highest BCUT2D eigenvalue weighted by molar-refractivity contribution is 5.73. The Kier molecular flexibility index (Phi) is 0.753. The van der Waals surface area contributed by atoms with Gasteiger partial charge in [0.25, 0.3) is 0 Å². The predicted molar refractivity (Wildman–Crippen MR) is 28.7 cm³/mol. The second-order valence-electron chi connectivity index (χ2n) is 1.59. The topological polar surface area (TPSA) is 49.3 Å². The summed E-state index contributed by atoms with van der Waals surface area (Å²) in [6.45, 7) is -1.71. The van der Waals surface area contributed by atoms with Crippen LogP contribution in [0.15, 0.2) is 0 Å². The van der Waals surface area contributed by atoms with Gasteiger partial charge in [0.2, 0.25) is 0 Å².